The lowest BCUT2D eigenvalue weighted by molar-refractivity contribution is 0.151. The van der Waals surface area contributed by atoms with Crippen molar-refractivity contribution in [2.45, 2.75) is 17.9 Å². The molecule has 0 radical (unpaired) electrons. The van der Waals surface area contributed by atoms with Gasteiger partial charge in [0.25, 0.3) is 5.89 Å². The number of nitrogens with one attached hydrogen (secondary N) is 1. The van der Waals surface area contributed by atoms with Gasteiger partial charge in [0.05, 0.1) is 12.0 Å². The highest BCUT2D eigenvalue weighted by Gasteiger charge is 2.14. The second-order valence-corrected chi connectivity index (χ2v) is 6.13. The molecule has 1 aromatic heterocycles. The van der Waals surface area contributed by atoms with Gasteiger partial charge in [-0.25, -0.2) is 13.1 Å². The first kappa shape index (κ1) is 16.4. The molecule has 0 unspecified atom stereocenters. The number of sulfonamides is 1. The van der Waals surface area contributed by atoms with Gasteiger partial charge in [-0.2, -0.15) is 4.98 Å². The Balaban J connectivity index is 1.91. The summed E-state index contributed by atoms with van der Waals surface area (Å²) >= 11 is 0. The Morgan fingerprint density at radius 2 is 1.95 bits per heavy atom. The SMILES string of the molecule is COCc1nc(CCNS(=O)(=O)c2ccc(OC)cc2)no1. The quantitative estimate of drug-likeness (QED) is 0.763. The van der Waals surface area contributed by atoms with Gasteiger partial charge in [0.15, 0.2) is 5.82 Å². The number of methoxy groups -OCH3 is 2. The molecule has 0 saturated heterocycles. The molecule has 0 saturated carbocycles. The molecule has 0 aliphatic rings. The molecule has 0 aliphatic heterocycles. The fourth-order valence-electron chi connectivity index (χ4n) is 1.71. The van der Waals surface area contributed by atoms with E-state index in [0.717, 1.165) is 0 Å². The Morgan fingerprint density at radius 1 is 1.23 bits per heavy atom. The number of benzene rings is 1. The largest absolute Gasteiger partial charge is 0.497 e. The van der Waals surface area contributed by atoms with Crippen molar-refractivity contribution in [3.63, 3.8) is 0 Å². The fraction of sp³-hybridized carbons (Fsp3) is 0.385. The maximum Gasteiger partial charge on any atom is 0.252 e. The Hall–Kier alpha value is -1.97. The lowest BCUT2D eigenvalue weighted by Gasteiger charge is -2.06. The Kier molecular flexibility index (Phi) is 5.47. The molecule has 22 heavy (non-hydrogen) atoms. The van der Waals surface area contributed by atoms with E-state index >= 15 is 0 Å². The summed E-state index contributed by atoms with van der Waals surface area (Å²) in [5.41, 5.74) is 0. The summed E-state index contributed by atoms with van der Waals surface area (Å²) in [5.74, 6) is 1.37. The molecular weight excluding hydrogens is 310 g/mol. The van der Waals surface area contributed by atoms with Crippen molar-refractivity contribution in [3.8, 4) is 5.75 Å². The van der Waals surface area contributed by atoms with Crippen LogP contribution >= 0.6 is 0 Å². The van der Waals surface area contributed by atoms with Crippen LogP contribution in [-0.4, -0.2) is 39.3 Å². The van der Waals surface area contributed by atoms with Crippen molar-refractivity contribution in [2.75, 3.05) is 20.8 Å². The second kappa shape index (κ2) is 7.34. The lowest BCUT2D eigenvalue weighted by atomic mass is 10.3. The van der Waals surface area contributed by atoms with Gasteiger partial charge < -0.3 is 14.0 Å². The maximum atomic E-state index is 12.1. The number of aromatic nitrogens is 2. The van der Waals surface area contributed by atoms with Crippen LogP contribution in [0.15, 0.2) is 33.7 Å². The van der Waals surface area contributed by atoms with Gasteiger partial charge in [0.2, 0.25) is 10.0 Å². The third-order valence-electron chi connectivity index (χ3n) is 2.79. The standard InChI is InChI=1S/C13H17N3O5S/c1-19-9-13-15-12(16-21-13)7-8-14-22(17,18)11-5-3-10(20-2)4-6-11/h3-6,14H,7-9H2,1-2H3. The molecule has 1 aromatic carbocycles. The number of rotatable bonds is 8. The Bertz CT molecular complexity index is 697. The van der Waals surface area contributed by atoms with E-state index in [2.05, 4.69) is 14.9 Å². The number of hydrogen-bond donors (Lipinski definition) is 1. The Morgan fingerprint density at radius 3 is 2.59 bits per heavy atom. The van der Waals surface area contributed by atoms with Gasteiger partial charge in [-0.05, 0) is 24.3 Å². The third-order valence-corrected chi connectivity index (χ3v) is 4.27. The van der Waals surface area contributed by atoms with Crippen LogP contribution in [0.5, 0.6) is 5.75 Å². The van der Waals surface area contributed by atoms with E-state index in [1.54, 1.807) is 12.1 Å². The van der Waals surface area contributed by atoms with Crippen LogP contribution in [0.3, 0.4) is 0 Å². The van der Waals surface area contributed by atoms with Gasteiger partial charge in [-0.15, -0.1) is 0 Å². The third kappa shape index (κ3) is 4.26. The molecule has 0 fully saturated rings. The van der Waals surface area contributed by atoms with Gasteiger partial charge in [0, 0.05) is 20.1 Å². The summed E-state index contributed by atoms with van der Waals surface area (Å²) in [6, 6.07) is 6.13. The fourth-order valence-corrected chi connectivity index (χ4v) is 2.74. The highest BCUT2D eigenvalue weighted by molar-refractivity contribution is 7.89. The highest BCUT2D eigenvalue weighted by Crippen LogP contribution is 2.15. The summed E-state index contributed by atoms with van der Waals surface area (Å²) < 4.78 is 41.4. The molecule has 2 rings (SSSR count). The van der Waals surface area contributed by atoms with Crippen molar-refractivity contribution in [2.24, 2.45) is 0 Å². The zero-order valence-electron chi connectivity index (χ0n) is 12.3. The van der Waals surface area contributed by atoms with E-state index < -0.39 is 10.0 Å². The molecule has 0 amide bonds. The summed E-state index contributed by atoms with van der Waals surface area (Å²) in [4.78, 5) is 4.23. The molecule has 0 atom stereocenters. The number of hydrogen-bond acceptors (Lipinski definition) is 7. The number of ether oxygens (including phenoxy) is 2. The first-order chi connectivity index (χ1) is 10.5. The van der Waals surface area contributed by atoms with Crippen molar-refractivity contribution in [1.29, 1.82) is 0 Å². The molecule has 0 bridgehead atoms. The molecular formula is C13H17N3O5S. The van der Waals surface area contributed by atoms with Crippen molar-refractivity contribution in [1.82, 2.24) is 14.9 Å². The average Bonchev–Trinajstić information content (AvgIpc) is 2.95. The van der Waals surface area contributed by atoms with E-state index in [9.17, 15) is 8.42 Å². The predicted molar refractivity (Wildman–Crippen MR) is 76.9 cm³/mol. The summed E-state index contributed by atoms with van der Waals surface area (Å²) in [6.07, 6.45) is 0.322. The molecule has 1 N–H and O–H groups in total. The topological polar surface area (TPSA) is 104 Å². The normalized spacial score (nSPS) is 11.5. The molecule has 0 aliphatic carbocycles. The highest BCUT2D eigenvalue weighted by atomic mass is 32.2. The predicted octanol–water partition coefficient (Wildman–Crippen LogP) is 0.746. The van der Waals surface area contributed by atoms with Crippen molar-refractivity contribution >= 4 is 10.0 Å². The first-order valence-corrected chi connectivity index (χ1v) is 7.97. The molecule has 0 spiro atoms. The zero-order valence-corrected chi connectivity index (χ0v) is 13.1. The lowest BCUT2D eigenvalue weighted by Crippen LogP contribution is -2.26. The molecule has 120 valence electrons. The van der Waals surface area contributed by atoms with E-state index in [0.29, 0.717) is 23.9 Å². The molecule has 2 aromatic rings. The molecule has 1 heterocycles. The van der Waals surface area contributed by atoms with E-state index in [4.69, 9.17) is 14.0 Å². The van der Waals surface area contributed by atoms with Crippen molar-refractivity contribution in [3.05, 3.63) is 36.0 Å². The molecule has 8 nitrogen and oxygen atoms in total. The summed E-state index contributed by atoms with van der Waals surface area (Å²) in [6.45, 7) is 0.394. The van der Waals surface area contributed by atoms with Crippen LogP contribution < -0.4 is 9.46 Å². The average molecular weight is 327 g/mol. The zero-order chi connectivity index (χ0) is 16.0. The van der Waals surface area contributed by atoms with Gasteiger partial charge in [-0.1, -0.05) is 5.16 Å². The van der Waals surface area contributed by atoms with Crippen molar-refractivity contribution < 1.29 is 22.4 Å². The van der Waals surface area contributed by atoms with Crippen LogP contribution in [0, 0.1) is 0 Å². The minimum atomic E-state index is -3.58. The van der Waals surface area contributed by atoms with E-state index in [1.807, 2.05) is 0 Å². The maximum absolute atomic E-state index is 12.1. The van der Waals surface area contributed by atoms with Gasteiger partial charge in [0.1, 0.15) is 12.4 Å². The van der Waals surface area contributed by atoms with Crippen LogP contribution in [-0.2, 0) is 27.8 Å². The second-order valence-electron chi connectivity index (χ2n) is 4.36. The van der Waals surface area contributed by atoms with Crippen LogP contribution in [0.25, 0.3) is 0 Å². The summed E-state index contributed by atoms with van der Waals surface area (Å²) in [7, 11) is -0.536. The van der Waals surface area contributed by atoms with Gasteiger partial charge in [-0.3, -0.25) is 0 Å². The smallest absolute Gasteiger partial charge is 0.252 e. The minimum Gasteiger partial charge on any atom is -0.497 e. The summed E-state index contributed by atoms with van der Waals surface area (Å²) in [5, 5.41) is 3.73. The first-order valence-electron chi connectivity index (χ1n) is 6.49. The van der Waals surface area contributed by atoms with Crippen LogP contribution in [0.4, 0.5) is 0 Å². The minimum absolute atomic E-state index is 0.167. The van der Waals surface area contributed by atoms with E-state index in [1.165, 1.54) is 26.4 Å². The van der Waals surface area contributed by atoms with Crippen LogP contribution in [0.1, 0.15) is 11.7 Å². The van der Waals surface area contributed by atoms with E-state index in [-0.39, 0.29) is 18.0 Å². The monoisotopic (exact) mass is 327 g/mol. The van der Waals surface area contributed by atoms with Gasteiger partial charge >= 0.3 is 0 Å². The Labute approximate surface area is 128 Å². The number of nitrogens with zero attached hydrogens (tertiary/aromatic N) is 2. The molecule has 9 heteroatoms. The van der Waals surface area contributed by atoms with Crippen LogP contribution in [0.2, 0.25) is 0 Å².